The summed E-state index contributed by atoms with van der Waals surface area (Å²) < 4.78 is 22.3. The van der Waals surface area contributed by atoms with Crippen LogP contribution < -0.4 is 24.8 Å². The van der Waals surface area contributed by atoms with E-state index in [2.05, 4.69) is 17.6 Å². The average Bonchev–Trinajstić information content (AvgIpc) is 2.84. The molecular formula is C26H32N2O6. The first-order chi connectivity index (χ1) is 16.5. The van der Waals surface area contributed by atoms with Gasteiger partial charge in [0, 0.05) is 0 Å². The number of methoxy groups -OCH3 is 1. The number of esters is 1. The van der Waals surface area contributed by atoms with E-state index in [1.165, 1.54) is 0 Å². The van der Waals surface area contributed by atoms with Crippen molar-refractivity contribution in [2.24, 2.45) is 0 Å². The second kappa shape index (κ2) is 12.0. The standard InChI is InChI=1S/C26H32N2O6/c1-5-8-15-34-20-14-11-18(16-21(20)32-6-2)24-22(25(29)33-7-3)23(27-26(30)28-24)17-9-12-19(31-4)13-10-17/h9-14,16,24H,5-8,15H2,1-4H3,(H2,27,28,30). The summed E-state index contributed by atoms with van der Waals surface area (Å²) in [6, 6.07) is 11.4. The molecule has 1 atom stereocenters. The molecule has 2 N–H and O–H groups in total. The largest absolute Gasteiger partial charge is 0.497 e. The van der Waals surface area contributed by atoms with Gasteiger partial charge in [-0.05, 0) is 67.8 Å². The molecule has 2 amide bonds. The topological polar surface area (TPSA) is 95.1 Å². The van der Waals surface area contributed by atoms with Crippen LogP contribution in [0.1, 0.15) is 50.8 Å². The summed E-state index contributed by atoms with van der Waals surface area (Å²) in [6.45, 7) is 6.96. The summed E-state index contributed by atoms with van der Waals surface area (Å²) in [6.07, 6.45) is 1.95. The molecule has 0 bridgehead atoms. The Bertz CT molecular complexity index is 1030. The minimum Gasteiger partial charge on any atom is -0.497 e. The molecule has 1 aliphatic heterocycles. The molecule has 1 aliphatic rings. The number of hydrogen-bond donors (Lipinski definition) is 2. The summed E-state index contributed by atoms with van der Waals surface area (Å²) in [5.41, 5.74) is 2.02. The lowest BCUT2D eigenvalue weighted by Crippen LogP contribution is -2.45. The first-order valence-corrected chi connectivity index (χ1v) is 11.5. The highest BCUT2D eigenvalue weighted by Gasteiger charge is 2.35. The van der Waals surface area contributed by atoms with Crippen molar-refractivity contribution in [1.82, 2.24) is 10.6 Å². The number of nitrogens with one attached hydrogen (secondary N) is 2. The molecule has 1 unspecified atom stereocenters. The molecule has 0 aromatic heterocycles. The number of carbonyl (C=O) groups is 2. The number of unbranched alkanes of at least 4 members (excludes halogenated alkanes) is 1. The van der Waals surface area contributed by atoms with Crippen molar-refractivity contribution < 1.29 is 28.5 Å². The molecule has 34 heavy (non-hydrogen) atoms. The molecule has 0 radical (unpaired) electrons. The van der Waals surface area contributed by atoms with Gasteiger partial charge in [0.05, 0.1) is 44.2 Å². The first-order valence-electron chi connectivity index (χ1n) is 11.5. The maximum atomic E-state index is 13.1. The van der Waals surface area contributed by atoms with E-state index in [0.29, 0.717) is 52.9 Å². The van der Waals surface area contributed by atoms with Gasteiger partial charge in [-0.1, -0.05) is 19.4 Å². The van der Waals surface area contributed by atoms with Crippen LogP contribution in [0.25, 0.3) is 5.70 Å². The van der Waals surface area contributed by atoms with Crippen LogP contribution in [0.4, 0.5) is 4.79 Å². The molecule has 1 heterocycles. The van der Waals surface area contributed by atoms with Crippen molar-refractivity contribution in [3.8, 4) is 17.2 Å². The molecule has 0 fully saturated rings. The third-order valence-corrected chi connectivity index (χ3v) is 5.30. The van der Waals surface area contributed by atoms with E-state index >= 15 is 0 Å². The SMILES string of the molecule is CCCCOc1ccc(C2NC(=O)NC(c3ccc(OC)cc3)=C2C(=O)OCC)cc1OCC. The normalized spacial score (nSPS) is 15.3. The highest BCUT2D eigenvalue weighted by molar-refractivity contribution is 6.04. The number of ether oxygens (including phenoxy) is 4. The zero-order chi connectivity index (χ0) is 24.5. The number of hydrogen-bond acceptors (Lipinski definition) is 6. The Morgan fingerprint density at radius 1 is 0.971 bits per heavy atom. The third kappa shape index (κ3) is 5.81. The van der Waals surface area contributed by atoms with Gasteiger partial charge >= 0.3 is 12.0 Å². The quantitative estimate of drug-likeness (QED) is 0.370. The Kier molecular flexibility index (Phi) is 8.79. The maximum Gasteiger partial charge on any atom is 0.338 e. The zero-order valence-corrected chi connectivity index (χ0v) is 20.1. The maximum absolute atomic E-state index is 13.1. The Labute approximate surface area is 200 Å². The Balaban J connectivity index is 2.09. The number of carbonyl (C=O) groups excluding carboxylic acids is 2. The van der Waals surface area contributed by atoms with Crippen LogP contribution in [0, 0.1) is 0 Å². The third-order valence-electron chi connectivity index (χ3n) is 5.30. The zero-order valence-electron chi connectivity index (χ0n) is 20.1. The molecule has 0 saturated heterocycles. The highest BCUT2D eigenvalue weighted by atomic mass is 16.5. The Hall–Kier alpha value is -3.68. The molecule has 8 heteroatoms. The predicted molar refractivity (Wildman–Crippen MR) is 129 cm³/mol. The minimum absolute atomic E-state index is 0.202. The van der Waals surface area contributed by atoms with E-state index in [9.17, 15) is 9.59 Å². The van der Waals surface area contributed by atoms with Crippen LogP contribution in [-0.2, 0) is 9.53 Å². The molecular weight excluding hydrogens is 436 g/mol. The van der Waals surface area contributed by atoms with Crippen molar-refractivity contribution in [1.29, 1.82) is 0 Å². The number of urea groups is 1. The van der Waals surface area contributed by atoms with Crippen LogP contribution in [-0.4, -0.2) is 38.9 Å². The van der Waals surface area contributed by atoms with Crippen LogP contribution >= 0.6 is 0 Å². The molecule has 3 rings (SSSR count). The fraction of sp³-hybridized carbons (Fsp3) is 0.385. The smallest absolute Gasteiger partial charge is 0.338 e. The van der Waals surface area contributed by atoms with Gasteiger partial charge in [-0.2, -0.15) is 0 Å². The second-order valence-corrected chi connectivity index (χ2v) is 7.61. The van der Waals surface area contributed by atoms with Gasteiger partial charge in [0.15, 0.2) is 11.5 Å². The van der Waals surface area contributed by atoms with Crippen molar-refractivity contribution in [3.05, 3.63) is 59.2 Å². The van der Waals surface area contributed by atoms with Gasteiger partial charge in [0.2, 0.25) is 0 Å². The summed E-state index contributed by atoms with van der Waals surface area (Å²) in [7, 11) is 1.58. The van der Waals surface area contributed by atoms with E-state index in [-0.39, 0.29) is 6.61 Å². The summed E-state index contributed by atoms with van der Waals surface area (Å²) in [5, 5.41) is 5.63. The average molecular weight is 469 g/mol. The molecule has 2 aromatic carbocycles. The van der Waals surface area contributed by atoms with Gasteiger partial charge in [0.1, 0.15) is 5.75 Å². The molecule has 0 spiro atoms. The van der Waals surface area contributed by atoms with E-state index in [1.54, 1.807) is 50.4 Å². The lowest BCUT2D eigenvalue weighted by Gasteiger charge is -2.30. The fourth-order valence-corrected chi connectivity index (χ4v) is 3.65. The van der Waals surface area contributed by atoms with Crippen LogP contribution in [0.2, 0.25) is 0 Å². The Morgan fingerprint density at radius 3 is 2.38 bits per heavy atom. The summed E-state index contributed by atoms with van der Waals surface area (Å²) >= 11 is 0. The first kappa shape index (κ1) is 25.0. The van der Waals surface area contributed by atoms with Crippen LogP contribution in [0.3, 0.4) is 0 Å². The number of amides is 2. The summed E-state index contributed by atoms with van der Waals surface area (Å²) in [4.78, 5) is 25.7. The predicted octanol–water partition coefficient (Wildman–Crippen LogP) is 4.60. The van der Waals surface area contributed by atoms with Crippen LogP contribution in [0.5, 0.6) is 17.2 Å². The monoisotopic (exact) mass is 468 g/mol. The lowest BCUT2D eigenvalue weighted by molar-refractivity contribution is -0.138. The lowest BCUT2D eigenvalue weighted by atomic mass is 9.92. The molecule has 182 valence electrons. The van der Waals surface area contributed by atoms with Gasteiger partial charge in [-0.25, -0.2) is 9.59 Å². The number of rotatable bonds is 11. The van der Waals surface area contributed by atoms with E-state index in [4.69, 9.17) is 18.9 Å². The summed E-state index contributed by atoms with van der Waals surface area (Å²) in [5.74, 6) is 1.32. The van der Waals surface area contributed by atoms with Crippen molar-refractivity contribution in [3.63, 3.8) is 0 Å². The molecule has 2 aromatic rings. The van der Waals surface area contributed by atoms with Crippen molar-refractivity contribution in [2.75, 3.05) is 26.9 Å². The molecule has 8 nitrogen and oxygen atoms in total. The fourth-order valence-electron chi connectivity index (χ4n) is 3.65. The van der Waals surface area contributed by atoms with E-state index in [0.717, 1.165) is 12.8 Å². The van der Waals surface area contributed by atoms with Crippen molar-refractivity contribution >= 4 is 17.7 Å². The molecule has 0 aliphatic carbocycles. The van der Waals surface area contributed by atoms with Crippen LogP contribution in [0.15, 0.2) is 48.0 Å². The second-order valence-electron chi connectivity index (χ2n) is 7.61. The minimum atomic E-state index is -0.742. The highest BCUT2D eigenvalue weighted by Crippen LogP contribution is 2.37. The van der Waals surface area contributed by atoms with Gasteiger partial charge in [0.25, 0.3) is 0 Å². The van der Waals surface area contributed by atoms with Crippen molar-refractivity contribution in [2.45, 2.75) is 39.7 Å². The molecule has 0 saturated carbocycles. The van der Waals surface area contributed by atoms with Gasteiger partial charge in [-0.15, -0.1) is 0 Å². The van der Waals surface area contributed by atoms with Gasteiger partial charge < -0.3 is 29.6 Å². The van der Waals surface area contributed by atoms with E-state index in [1.807, 2.05) is 13.0 Å². The number of benzene rings is 2. The van der Waals surface area contributed by atoms with E-state index < -0.39 is 18.0 Å². The Morgan fingerprint density at radius 2 is 1.74 bits per heavy atom. The van der Waals surface area contributed by atoms with Gasteiger partial charge in [-0.3, -0.25) is 0 Å².